The number of ketones is 3. The summed E-state index contributed by atoms with van der Waals surface area (Å²) < 4.78 is 24.1. The molecule has 49 heavy (non-hydrogen) atoms. The van der Waals surface area contributed by atoms with Crippen molar-refractivity contribution in [2.75, 3.05) is 0 Å². The van der Waals surface area contributed by atoms with Gasteiger partial charge in [0.25, 0.3) is 5.78 Å². The number of fused-ring (bicyclic) bond motifs is 6. The van der Waals surface area contributed by atoms with Gasteiger partial charge in [0.05, 0.1) is 22.3 Å². The smallest absolute Gasteiger partial charge is 0.268 e. The number of hydrogen-bond donors (Lipinski definition) is 4. The fourth-order valence-corrected chi connectivity index (χ4v) is 6.30. The zero-order valence-corrected chi connectivity index (χ0v) is 26.4. The summed E-state index contributed by atoms with van der Waals surface area (Å²) in [4.78, 5) is 65.9. The average Bonchev–Trinajstić information content (AvgIpc) is 3.39. The van der Waals surface area contributed by atoms with E-state index in [0.717, 1.165) is 29.9 Å². The molecule has 0 amide bonds. The molecule has 3 atom stereocenters. The van der Waals surface area contributed by atoms with Gasteiger partial charge >= 0.3 is 0 Å². The minimum atomic E-state index is -1.67. The second kappa shape index (κ2) is 10.9. The molecule has 250 valence electrons. The van der Waals surface area contributed by atoms with Crippen LogP contribution < -0.4 is 15.6 Å². The van der Waals surface area contributed by atoms with Crippen LogP contribution in [-0.2, 0) is 16.0 Å². The zero-order valence-electron chi connectivity index (χ0n) is 26.4. The highest BCUT2D eigenvalue weighted by atomic mass is 16.6. The Morgan fingerprint density at radius 2 is 1.49 bits per heavy atom. The first kappa shape index (κ1) is 31.8. The van der Waals surface area contributed by atoms with Crippen molar-refractivity contribution in [2.45, 2.75) is 58.0 Å². The first-order chi connectivity index (χ1) is 23.1. The van der Waals surface area contributed by atoms with Gasteiger partial charge in [-0.25, -0.2) is 0 Å². The molecule has 13 heteroatoms. The Hall–Kier alpha value is -5.79. The number of Topliss-reactive ketones (excluding diaryl/α,β-unsaturated/α-hetero) is 2. The number of ether oxygens (including phenoxy) is 2. The van der Waals surface area contributed by atoms with E-state index < -0.39 is 75.1 Å². The second-order valence-corrected chi connectivity index (χ2v) is 12.9. The molecule has 4 N–H and O–H groups in total. The van der Waals surface area contributed by atoms with Crippen LogP contribution in [0, 0.1) is 0 Å². The summed E-state index contributed by atoms with van der Waals surface area (Å²) >= 11 is 0. The second-order valence-electron chi connectivity index (χ2n) is 12.9. The van der Waals surface area contributed by atoms with Crippen LogP contribution in [0.5, 0.6) is 23.0 Å². The molecule has 3 aliphatic rings. The average molecular weight is 669 g/mol. The van der Waals surface area contributed by atoms with Crippen LogP contribution in [0.1, 0.15) is 77.2 Å². The topological polar surface area (TPSA) is 211 Å². The van der Waals surface area contributed by atoms with Gasteiger partial charge in [-0.05, 0) is 58.4 Å². The molecule has 1 unspecified atom stereocenters. The Balaban J connectivity index is 1.38. The van der Waals surface area contributed by atoms with Crippen molar-refractivity contribution in [3.63, 3.8) is 0 Å². The molecule has 0 saturated carbocycles. The lowest BCUT2D eigenvalue weighted by Gasteiger charge is -2.31. The molecule has 4 aromatic rings. The maximum absolute atomic E-state index is 14.0. The standard InChI is InChI=1S/C36H28O13/c1-13(2)5-6-14-18(38)11-19(39)23-26(41)16-8-10-21(29(44)32(16)48-30(14)23)46-34-25-22(47-35(34)36(3,4)45)12-20(40)24-27(42)15-7-9-17(37)28(43)31(15)49-33(24)25/h5,7-12,21,34-35,38-40,45H,6H2,1-4H3/t21?,34-,35+/m1/s1. The van der Waals surface area contributed by atoms with E-state index in [1.807, 2.05) is 13.8 Å². The van der Waals surface area contributed by atoms with Crippen molar-refractivity contribution in [3.8, 4) is 23.0 Å². The number of allylic oxidation sites excluding steroid dienone is 3. The monoisotopic (exact) mass is 668 g/mol. The molecular weight excluding hydrogens is 640 g/mol. The molecule has 0 spiro atoms. The predicted molar refractivity (Wildman–Crippen MR) is 173 cm³/mol. The highest BCUT2D eigenvalue weighted by Crippen LogP contribution is 2.50. The molecule has 0 radical (unpaired) electrons. The largest absolute Gasteiger partial charge is 0.507 e. The first-order valence-electron chi connectivity index (χ1n) is 15.2. The van der Waals surface area contributed by atoms with E-state index >= 15 is 0 Å². The fourth-order valence-electron chi connectivity index (χ4n) is 6.30. The van der Waals surface area contributed by atoms with E-state index in [9.17, 15) is 44.4 Å². The fraction of sp³-hybridized carbons (Fsp3) is 0.250. The number of benzene rings is 2. The van der Waals surface area contributed by atoms with E-state index in [1.54, 1.807) is 6.08 Å². The lowest BCUT2D eigenvalue weighted by molar-refractivity contribution is -0.111. The molecule has 3 heterocycles. The predicted octanol–water partition coefficient (Wildman–Crippen LogP) is 4.17. The van der Waals surface area contributed by atoms with Crippen LogP contribution in [0.4, 0.5) is 0 Å². The summed E-state index contributed by atoms with van der Waals surface area (Å²) in [6.45, 7) is 6.47. The number of carbonyl (C=O) groups excluding carboxylic acids is 3. The highest BCUT2D eigenvalue weighted by molar-refractivity contribution is 6.49. The third-order valence-electron chi connectivity index (χ3n) is 8.71. The van der Waals surface area contributed by atoms with Crippen LogP contribution >= 0.6 is 0 Å². The summed E-state index contributed by atoms with van der Waals surface area (Å²) in [5.74, 6) is -5.36. The van der Waals surface area contributed by atoms with E-state index in [-0.39, 0.29) is 62.1 Å². The van der Waals surface area contributed by atoms with E-state index in [4.69, 9.17) is 18.3 Å². The van der Waals surface area contributed by atoms with Gasteiger partial charge in [-0.15, -0.1) is 0 Å². The summed E-state index contributed by atoms with van der Waals surface area (Å²) in [6, 6.07) is 2.15. The molecule has 0 fully saturated rings. The number of hydrogen-bond acceptors (Lipinski definition) is 13. The minimum absolute atomic E-state index is 0.0274. The number of aliphatic hydroxyl groups is 1. The van der Waals surface area contributed by atoms with Gasteiger partial charge in [-0.3, -0.25) is 24.0 Å². The Morgan fingerprint density at radius 3 is 2.16 bits per heavy atom. The lowest BCUT2D eigenvalue weighted by Crippen LogP contribution is -2.44. The normalized spacial score (nSPS) is 19.6. The van der Waals surface area contributed by atoms with Gasteiger partial charge in [-0.1, -0.05) is 11.6 Å². The van der Waals surface area contributed by atoms with Gasteiger partial charge in [0.15, 0.2) is 23.2 Å². The summed E-state index contributed by atoms with van der Waals surface area (Å²) in [6.07, 6.45) is 2.33. The van der Waals surface area contributed by atoms with Crippen molar-refractivity contribution in [1.82, 2.24) is 0 Å². The van der Waals surface area contributed by atoms with Crippen LogP contribution in [0.3, 0.4) is 0 Å². The molecule has 7 rings (SSSR count). The Kier molecular flexibility index (Phi) is 7.05. The maximum Gasteiger partial charge on any atom is 0.268 e. The van der Waals surface area contributed by atoms with E-state index in [1.165, 1.54) is 26.0 Å². The summed E-state index contributed by atoms with van der Waals surface area (Å²) in [5.41, 5.74) is -3.12. The van der Waals surface area contributed by atoms with Crippen LogP contribution in [0.15, 0.2) is 54.4 Å². The molecule has 1 aliphatic heterocycles. The van der Waals surface area contributed by atoms with Crippen molar-refractivity contribution in [3.05, 3.63) is 90.2 Å². The molecule has 0 bridgehead atoms. The summed E-state index contributed by atoms with van der Waals surface area (Å²) in [5, 5.41) is 42.6. The van der Waals surface area contributed by atoms with Crippen molar-refractivity contribution in [2.24, 2.45) is 0 Å². The molecular formula is C36H28O13. The number of carbonyl (C=O) groups is 3. The summed E-state index contributed by atoms with van der Waals surface area (Å²) in [7, 11) is 0. The van der Waals surface area contributed by atoms with Crippen LogP contribution in [-0.4, -0.2) is 55.6 Å². The Labute approximate surface area is 275 Å². The van der Waals surface area contributed by atoms with Crippen LogP contribution in [0.2, 0.25) is 0 Å². The van der Waals surface area contributed by atoms with Crippen molar-refractivity contribution < 1.29 is 53.1 Å². The van der Waals surface area contributed by atoms with Gasteiger partial charge in [-0.2, -0.15) is 0 Å². The number of rotatable bonds is 5. The van der Waals surface area contributed by atoms with Gasteiger partial charge in [0, 0.05) is 17.7 Å². The maximum atomic E-state index is 14.0. The lowest BCUT2D eigenvalue weighted by atomic mass is 9.91. The number of phenols is 3. The van der Waals surface area contributed by atoms with Crippen molar-refractivity contribution in [1.29, 1.82) is 0 Å². The quantitative estimate of drug-likeness (QED) is 0.174. The third kappa shape index (κ3) is 4.80. The van der Waals surface area contributed by atoms with Crippen molar-refractivity contribution >= 4 is 51.4 Å². The van der Waals surface area contributed by atoms with E-state index in [0.29, 0.717) is 0 Å². The SMILES string of the molecule is CC(C)=CCc1c(O)cc(O)c2c(=O)c3c(oc12)C(=O)C(O[C@@H]1c2c(cc(O)c4c(=O)c5c(oc24)C(=O)C(=O)C=C5)O[C@@H]1C(C)(C)O)C=C3. The molecule has 2 aliphatic carbocycles. The minimum Gasteiger partial charge on any atom is -0.507 e. The molecule has 2 aromatic carbocycles. The van der Waals surface area contributed by atoms with Gasteiger partial charge in [0.2, 0.25) is 22.4 Å². The number of phenolic OH excluding ortho intramolecular Hbond substituents is 3. The zero-order chi connectivity index (χ0) is 35.3. The highest BCUT2D eigenvalue weighted by Gasteiger charge is 2.49. The van der Waals surface area contributed by atoms with Crippen LogP contribution in [0.25, 0.3) is 34.1 Å². The molecule has 2 aromatic heterocycles. The molecule has 13 nitrogen and oxygen atoms in total. The Bertz CT molecular complexity index is 2410. The third-order valence-corrected chi connectivity index (χ3v) is 8.71. The van der Waals surface area contributed by atoms with Gasteiger partial charge in [0.1, 0.15) is 51.6 Å². The molecule has 0 saturated heterocycles. The van der Waals surface area contributed by atoms with Gasteiger partial charge < -0.3 is 38.7 Å². The Morgan fingerprint density at radius 1 is 0.857 bits per heavy atom. The van der Waals surface area contributed by atoms with E-state index in [2.05, 4.69) is 0 Å². The first-order valence-corrected chi connectivity index (χ1v) is 15.2. The number of aromatic hydroxyl groups is 3.